The molecule has 1 rings (SSSR count). The summed E-state index contributed by atoms with van der Waals surface area (Å²) < 4.78 is 0. The van der Waals surface area contributed by atoms with Crippen molar-refractivity contribution in [3.8, 4) is 0 Å². The van der Waals surface area contributed by atoms with Gasteiger partial charge in [-0.1, -0.05) is 51.1 Å². The number of rotatable bonds is 3. The molecule has 15 heavy (non-hydrogen) atoms. The van der Waals surface area contributed by atoms with Crippen LogP contribution in [0, 0.1) is 5.41 Å². The van der Waals surface area contributed by atoms with Gasteiger partial charge in [-0.15, -0.1) is 0 Å². The van der Waals surface area contributed by atoms with E-state index in [1.165, 1.54) is 5.56 Å². The first-order valence-electron chi connectivity index (χ1n) is 5.32. The molecule has 0 heterocycles. The maximum Gasteiger partial charge on any atom is 0.0862 e. The molecule has 1 aromatic rings. The molecule has 1 aromatic carbocycles. The monoisotopic (exact) mass is 204 g/mol. The van der Waals surface area contributed by atoms with Crippen molar-refractivity contribution >= 4 is 5.71 Å². The van der Waals surface area contributed by atoms with E-state index in [4.69, 9.17) is 5.73 Å². The minimum Gasteiger partial charge on any atom is -0.312 e. The van der Waals surface area contributed by atoms with E-state index in [2.05, 4.69) is 37.9 Å². The van der Waals surface area contributed by atoms with Crippen LogP contribution in [0.1, 0.15) is 32.8 Å². The zero-order chi connectivity index (χ0) is 11.3. The van der Waals surface area contributed by atoms with Crippen molar-refractivity contribution in [3.05, 3.63) is 35.9 Å². The zero-order valence-corrected chi connectivity index (χ0v) is 9.83. The van der Waals surface area contributed by atoms with Crippen LogP contribution in [0.2, 0.25) is 0 Å². The first-order valence-corrected chi connectivity index (χ1v) is 5.32. The molecule has 0 atom stereocenters. The molecule has 0 aromatic heterocycles. The molecule has 0 unspecified atom stereocenters. The van der Waals surface area contributed by atoms with E-state index in [0.717, 1.165) is 12.1 Å². The summed E-state index contributed by atoms with van der Waals surface area (Å²) in [4.78, 5) is 4.37. The number of hydrogen-bond acceptors (Lipinski definition) is 2. The van der Waals surface area contributed by atoms with Gasteiger partial charge in [0.2, 0.25) is 0 Å². The second-order valence-electron chi connectivity index (χ2n) is 4.89. The van der Waals surface area contributed by atoms with E-state index in [-0.39, 0.29) is 5.41 Å². The highest BCUT2D eigenvalue weighted by molar-refractivity contribution is 6.00. The Morgan fingerprint density at radius 3 is 2.27 bits per heavy atom. The average Bonchev–Trinajstić information content (AvgIpc) is 2.17. The normalized spacial score (nSPS) is 12.9. The molecule has 2 N–H and O–H groups in total. The van der Waals surface area contributed by atoms with Crippen molar-refractivity contribution in [2.75, 3.05) is 6.67 Å². The first kappa shape index (κ1) is 11.9. The SMILES string of the molecule is CC(C)(C)CC(=NCN)c1ccccc1. The molecule has 0 fully saturated rings. The third-order valence-electron chi connectivity index (χ3n) is 2.09. The van der Waals surface area contributed by atoms with Gasteiger partial charge in [0.1, 0.15) is 0 Å². The van der Waals surface area contributed by atoms with Gasteiger partial charge in [0.05, 0.1) is 6.67 Å². The molecule has 0 aliphatic carbocycles. The van der Waals surface area contributed by atoms with E-state index in [9.17, 15) is 0 Å². The number of hydrogen-bond donors (Lipinski definition) is 1. The summed E-state index contributed by atoms with van der Waals surface area (Å²) in [5, 5.41) is 0. The highest BCUT2D eigenvalue weighted by Crippen LogP contribution is 2.22. The Labute approximate surface area is 92.2 Å². The van der Waals surface area contributed by atoms with Crippen molar-refractivity contribution in [1.82, 2.24) is 0 Å². The Hall–Kier alpha value is -1.15. The van der Waals surface area contributed by atoms with Gasteiger partial charge in [0.25, 0.3) is 0 Å². The summed E-state index contributed by atoms with van der Waals surface area (Å²) in [7, 11) is 0. The predicted molar refractivity (Wildman–Crippen MR) is 66.1 cm³/mol. The molecule has 2 nitrogen and oxygen atoms in total. The van der Waals surface area contributed by atoms with Gasteiger partial charge in [0, 0.05) is 5.71 Å². The van der Waals surface area contributed by atoms with Crippen molar-refractivity contribution in [1.29, 1.82) is 0 Å². The second-order valence-corrected chi connectivity index (χ2v) is 4.89. The Morgan fingerprint density at radius 2 is 1.80 bits per heavy atom. The summed E-state index contributed by atoms with van der Waals surface area (Å²) >= 11 is 0. The fourth-order valence-electron chi connectivity index (χ4n) is 1.49. The summed E-state index contributed by atoms with van der Waals surface area (Å²) in [5.74, 6) is 0. The Morgan fingerprint density at radius 1 is 1.20 bits per heavy atom. The number of aliphatic imine (C=N–C) groups is 1. The van der Waals surface area contributed by atoms with Crippen LogP contribution < -0.4 is 5.73 Å². The topological polar surface area (TPSA) is 38.4 Å². The van der Waals surface area contributed by atoms with Crippen LogP contribution in [-0.4, -0.2) is 12.4 Å². The molecule has 0 spiro atoms. The molecule has 0 bridgehead atoms. The molecule has 0 aliphatic rings. The first-order chi connectivity index (χ1) is 7.03. The van der Waals surface area contributed by atoms with Gasteiger partial charge in [-0.3, -0.25) is 4.99 Å². The number of benzene rings is 1. The van der Waals surface area contributed by atoms with Crippen LogP contribution in [0.4, 0.5) is 0 Å². The third kappa shape index (κ3) is 4.26. The summed E-state index contributed by atoms with van der Waals surface area (Å²) in [6, 6.07) is 10.2. The summed E-state index contributed by atoms with van der Waals surface area (Å²) in [5.41, 5.74) is 8.02. The molecule has 0 amide bonds. The summed E-state index contributed by atoms with van der Waals surface area (Å²) in [6.45, 7) is 6.99. The van der Waals surface area contributed by atoms with Crippen LogP contribution in [0.25, 0.3) is 0 Å². The maximum absolute atomic E-state index is 5.50. The van der Waals surface area contributed by atoms with Gasteiger partial charge in [0.15, 0.2) is 0 Å². The molecule has 0 saturated heterocycles. The highest BCUT2D eigenvalue weighted by Gasteiger charge is 2.15. The van der Waals surface area contributed by atoms with E-state index in [0.29, 0.717) is 6.67 Å². The van der Waals surface area contributed by atoms with Gasteiger partial charge in [-0.25, -0.2) is 0 Å². The van der Waals surface area contributed by atoms with Crippen LogP contribution in [0.3, 0.4) is 0 Å². The van der Waals surface area contributed by atoms with E-state index in [1.54, 1.807) is 0 Å². The smallest absolute Gasteiger partial charge is 0.0862 e. The molecule has 0 saturated carbocycles. The fraction of sp³-hybridized carbons (Fsp3) is 0.462. The highest BCUT2D eigenvalue weighted by atomic mass is 14.9. The largest absolute Gasteiger partial charge is 0.312 e. The third-order valence-corrected chi connectivity index (χ3v) is 2.09. The minimum absolute atomic E-state index is 0.240. The summed E-state index contributed by atoms with van der Waals surface area (Å²) in [6.07, 6.45) is 0.953. The molecule has 2 heteroatoms. The number of nitrogens with zero attached hydrogens (tertiary/aromatic N) is 1. The van der Waals surface area contributed by atoms with Crippen molar-refractivity contribution in [2.24, 2.45) is 16.1 Å². The Kier molecular flexibility index (Phi) is 4.04. The van der Waals surface area contributed by atoms with E-state index >= 15 is 0 Å². The lowest BCUT2D eigenvalue weighted by molar-refractivity contribution is 0.434. The molecule has 0 radical (unpaired) electrons. The van der Waals surface area contributed by atoms with Gasteiger partial charge < -0.3 is 5.73 Å². The average molecular weight is 204 g/mol. The molecular formula is C13H20N2. The van der Waals surface area contributed by atoms with Crippen LogP contribution >= 0.6 is 0 Å². The van der Waals surface area contributed by atoms with Crippen LogP contribution in [-0.2, 0) is 0 Å². The lowest BCUT2D eigenvalue weighted by atomic mass is 9.87. The van der Waals surface area contributed by atoms with Gasteiger partial charge in [-0.2, -0.15) is 0 Å². The Balaban J connectivity index is 2.90. The van der Waals surface area contributed by atoms with E-state index < -0.39 is 0 Å². The molecular weight excluding hydrogens is 184 g/mol. The molecule has 82 valence electrons. The van der Waals surface area contributed by atoms with Crippen LogP contribution in [0.5, 0.6) is 0 Å². The zero-order valence-electron chi connectivity index (χ0n) is 9.83. The quantitative estimate of drug-likeness (QED) is 0.755. The minimum atomic E-state index is 0.240. The lowest BCUT2D eigenvalue weighted by Gasteiger charge is -2.19. The standard InChI is InChI=1S/C13H20N2/c1-13(2,3)9-12(15-10-14)11-7-5-4-6-8-11/h4-8H,9-10,14H2,1-3H3. The number of nitrogens with two attached hydrogens (primary N) is 1. The fourth-order valence-corrected chi connectivity index (χ4v) is 1.49. The van der Waals surface area contributed by atoms with Crippen molar-refractivity contribution in [3.63, 3.8) is 0 Å². The Bertz CT molecular complexity index is 320. The predicted octanol–water partition coefficient (Wildman–Crippen LogP) is 2.83. The van der Waals surface area contributed by atoms with Gasteiger partial charge in [-0.05, 0) is 17.4 Å². The second kappa shape index (κ2) is 5.08. The maximum atomic E-state index is 5.50. The lowest BCUT2D eigenvalue weighted by Crippen LogP contribution is -2.15. The van der Waals surface area contributed by atoms with Crippen molar-refractivity contribution in [2.45, 2.75) is 27.2 Å². The van der Waals surface area contributed by atoms with Gasteiger partial charge >= 0.3 is 0 Å². The molecule has 0 aliphatic heterocycles. The van der Waals surface area contributed by atoms with E-state index in [1.807, 2.05) is 18.2 Å². The van der Waals surface area contributed by atoms with Crippen LogP contribution in [0.15, 0.2) is 35.3 Å². The van der Waals surface area contributed by atoms with Crippen molar-refractivity contribution < 1.29 is 0 Å².